The lowest BCUT2D eigenvalue weighted by Crippen LogP contribution is -2.34. The predicted octanol–water partition coefficient (Wildman–Crippen LogP) is 2.77. The van der Waals surface area contributed by atoms with E-state index < -0.39 is 0 Å². The maximum Gasteiger partial charge on any atom is 0.252 e. The van der Waals surface area contributed by atoms with Crippen molar-refractivity contribution in [3.05, 3.63) is 29.8 Å². The number of likely N-dealkylation sites (N-methyl/N-ethyl adjacent to an activating group) is 1. The molecule has 17 heavy (non-hydrogen) atoms. The molecule has 0 saturated heterocycles. The molecule has 0 aromatic heterocycles. The van der Waals surface area contributed by atoms with Crippen molar-refractivity contribution >= 4 is 11.6 Å². The largest absolute Gasteiger partial charge is 0.372 e. The van der Waals surface area contributed by atoms with Gasteiger partial charge in [0.1, 0.15) is 6.61 Å². The molecule has 0 atom stereocenters. The number of carbonyl (C=O) groups excluding carboxylic acids is 1. The predicted molar refractivity (Wildman–Crippen MR) is 70.3 cm³/mol. The standard InChI is InChI=1S/C14H21NO2/c1-4-9-17-11-14(16)15(5-2)13-8-6-7-12(3)10-13/h6-8,10H,4-5,9,11H2,1-3H3. The topological polar surface area (TPSA) is 29.5 Å². The molecule has 0 N–H and O–H groups in total. The summed E-state index contributed by atoms with van der Waals surface area (Å²) in [5, 5.41) is 0. The van der Waals surface area contributed by atoms with Crippen LogP contribution in [-0.4, -0.2) is 25.7 Å². The van der Waals surface area contributed by atoms with E-state index in [9.17, 15) is 4.79 Å². The summed E-state index contributed by atoms with van der Waals surface area (Å²) in [6.45, 7) is 7.49. The maximum atomic E-state index is 12.0. The summed E-state index contributed by atoms with van der Waals surface area (Å²) in [7, 11) is 0. The smallest absolute Gasteiger partial charge is 0.252 e. The van der Waals surface area contributed by atoms with E-state index in [4.69, 9.17) is 4.74 Å². The second kappa shape index (κ2) is 7.07. The molecule has 0 heterocycles. The maximum absolute atomic E-state index is 12.0. The molecule has 0 spiro atoms. The average molecular weight is 235 g/mol. The molecular weight excluding hydrogens is 214 g/mol. The number of hydrogen-bond donors (Lipinski definition) is 0. The molecule has 1 aromatic carbocycles. The minimum Gasteiger partial charge on any atom is -0.372 e. The first-order valence-electron chi connectivity index (χ1n) is 6.13. The Bertz CT molecular complexity index is 363. The third-order valence-electron chi connectivity index (χ3n) is 2.50. The molecule has 94 valence electrons. The molecule has 0 unspecified atom stereocenters. The van der Waals surface area contributed by atoms with E-state index in [2.05, 4.69) is 0 Å². The number of nitrogens with zero attached hydrogens (tertiary/aromatic N) is 1. The van der Waals surface area contributed by atoms with Crippen molar-refractivity contribution in [1.82, 2.24) is 0 Å². The Balaban J connectivity index is 2.67. The van der Waals surface area contributed by atoms with Crippen molar-refractivity contribution in [2.75, 3.05) is 24.7 Å². The van der Waals surface area contributed by atoms with Crippen LogP contribution in [0, 0.1) is 6.92 Å². The van der Waals surface area contributed by atoms with Gasteiger partial charge < -0.3 is 9.64 Å². The highest BCUT2D eigenvalue weighted by Crippen LogP contribution is 2.15. The number of hydrogen-bond acceptors (Lipinski definition) is 2. The van der Waals surface area contributed by atoms with Gasteiger partial charge >= 0.3 is 0 Å². The molecule has 3 heteroatoms. The van der Waals surface area contributed by atoms with Gasteiger partial charge in [0.05, 0.1) is 0 Å². The Labute approximate surface area is 103 Å². The molecule has 1 amide bonds. The summed E-state index contributed by atoms with van der Waals surface area (Å²) in [6.07, 6.45) is 0.934. The van der Waals surface area contributed by atoms with Crippen LogP contribution in [0.25, 0.3) is 0 Å². The fourth-order valence-corrected chi connectivity index (χ4v) is 1.68. The van der Waals surface area contributed by atoms with Crippen molar-refractivity contribution in [1.29, 1.82) is 0 Å². The Morgan fingerprint density at radius 3 is 2.71 bits per heavy atom. The second-order valence-electron chi connectivity index (χ2n) is 4.03. The fraction of sp³-hybridized carbons (Fsp3) is 0.500. The minimum atomic E-state index is 0.0200. The van der Waals surface area contributed by atoms with E-state index >= 15 is 0 Å². The van der Waals surface area contributed by atoms with Crippen LogP contribution >= 0.6 is 0 Å². The van der Waals surface area contributed by atoms with Gasteiger partial charge in [-0.3, -0.25) is 4.79 Å². The first-order chi connectivity index (χ1) is 8.19. The number of carbonyl (C=O) groups is 1. The highest BCUT2D eigenvalue weighted by Gasteiger charge is 2.13. The van der Waals surface area contributed by atoms with Gasteiger partial charge in [-0.25, -0.2) is 0 Å². The molecule has 0 aliphatic heterocycles. The average Bonchev–Trinajstić information content (AvgIpc) is 2.30. The molecule has 0 saturated carbocycles. The highest BCUT2D eigenvalue weighted by atomic mass is 16.5. The van der Waals surface area contributed by atoms with Gasteiger partial charge in [0.2, 0.25) is 0 Å². The van der Waals surface area contributed by atoms with Crippen molar-refractivity contribution in [2.45, 2.75) is 27.2 Å². The van der Waals surface area contributed by atoms with Crippen molar-refractivity contribution in [2.24, 2.45) is 0 Å². The van der Waals surface area contributed by atoms with Crippen molar-refractivity contribution in [3.8, 4) is 0 Å². The van der Waals surface area contributed by atoms with Crippen LogP contribution in [0.5, 0.6) is 0 Å². The highest BCUT2D eigenvalue weighted by molar-refractivity contribution is 5.94. The Morgan fingerprint density at radius 1 is 1.35 bits per heavy atom. The lowest BCUT2D eigenvalue weighted by molar-refractivity contribution is -0.123. The molecule has 0 radical (unpaired) electrons. The molecule has 1 aromatic rings. The van der Waals surface area contributed by atoms with Crippen molar-refractivity contribution < 1.29 is 9.53 Å². The van der Waals surface area contributed by atoms with Crippen molar-refractivity contribution in [3.63, 3.8) is 0 Å². The molecular formula is C14H21NO2. The van der Waals surface area contributed by atoms with Gasteiger partial charge in [-0.05, 0) is 38.0 Å². The minimum absolute atomic E-state index is 0.0200. The van der Waals surface area contributed by atoms with Gasteiger partial charge in [-0.15, -0.1) is 0 Å². The van der Waals surface area contributed by atoms with E-state index in [0.717, 1.165) is 17.7 Å². The number of anilines is 1. The van der Waals surface area contributed by atoms with E-state index in [1.165, 1.54) is 0 Å². The third-order valence-corrected chi connectivity index (χ3v) is 2.50. The number of benzene rings is 1. The van der Waals surface area contributed by atoms with Crippen LogP contribution in [-0.2, 0) is 9.53 Å². The van der Waals surface area contributed by atoms with Gasteiger partial charge in [0.25, 0.3) is 5.91 Å². The zero-order chi connectivity index (χ0) is 12.7. The lowest BCUT2D eigenvalue weighted by atomic mass is 10.2. The Morgan fingerprint density at radius 2 is 2.12 bits per heavy atom. The Hall–Kier alpha value is -1.35. The van der Waals surface area contributed by atoms with Crippen LogP contribution in [0.2, 0.25) is 0 Å². The molecule has 1 rings (SSSR count). The lowest BCUT2D eigenvalue weighted by Gasteiger charge is -2.21. The Kier molecular flexibility index (Phi) is 5.70. The van der Waals surface area contributed by atoms with Gasteiger partial charge in [-0.1, -0.05) is 19.1 Å². The summed E-state index contributed by atoms with van der Waals surface area (Å²) >= 11 is 0. The summed E-state index contributed by atoms with van der Waals surface area (Å²) < 4.78 is 5.29. The molecule has 0 bridgehead atoms. The second-order valence-corrected chi connectivity index (χ2v) is 4.03. The molecule has 0 fully saturated rings. The quantitative estimate of drug-likeness (QED) is 0.710. The number of aryl methyl sites for hydroxylation is 1. The van der Waals surface area contributed by atoms with Crippen LogP contribution in [0.3, 0.4) is 0 Å². The van der Waals surface area contributed by atoms with Crippen LogP contribution < -0.4 is 4.90 Å². The molecule has 3 nitrogen and oxygen atoms in total. The molecule has 0 aliphatic carbocycles. The number of rotatable bonds is 6. The van der Waals surface area contributed by atoms with E-state index in [-0.39, 0.29) is 12.5 Å². The van der Waals surface area contributed by atoms with E-state index in [1.54, 1.807) is 4.90 Å². The summed E-state index contributed by atoms with van der Waals surface area (Å²) in [5.41, 5.74) is 2.10. The number of ether oxygens (including phenoxy) is 1. The van der Waals surface area contributed by atoms with Crippen LogP contribution in [0.15, 0.2) is 24.3 Å². The summed E-state index contributed by atoms with van der Waals surface area (Å²) in [5.74, 6) is 0.0200. The fourth-order valence-electron chi connectivity index (χ4n) is 1.68. The van der Waals surface area contributed by atoms with Crippen LogP contribution in [0.4, 0.5) is 5.69 Å². The van der Waals surface area contributed by atoms with E-state index in [1.807, 2.05) is 45.0 Å². The summed E-state index contributed by atoms with van der Waals surface area (Å²) in [4.78, 5) is 13.7. The van der Waals surface area contributed by atoms with E-state index in [0.29, 0.717) is 13.2 Å². The zero-order valence-corrected chi connectivity index (χ0v) is 10.9. The number of amides is 1. The summed E-state index contributed by atoms with van der Waals surface area (Å²) in [6, 6.07) is 7.96. The first kappa shape index (κ1) is 13.7. The van der Waals surface area contributed by atoms with Gasteiger partial charge in [-0.2, -0.15) is 0 Å². The SMILES string of the molecule is CCCOCC(=O)N(CC)c1cccc(C)c1. The third kappa shape index (κ3) is 4.19. The van der Waals surface area contributed by atoms with Gasteiger partial charge in [0.15, 0.2) is 0 Å². The normalized spacial score (nSPS) is 10.3. The van der Waals surface area contributed by atoms with Gasteiger partial charge in [0, 0.05) is 18.8 Å². The molecule has 0 aliphatic rings. The zero-order valence-electron chi connectivity index (χ0n) is 10.9. The van der Waals surface area contributed by atoms with Crippen LogP contribution in [0.1, 0.15) is 25.8 Å². The monoisotopic (exact) mass is 235 g/mol. The first-order valence-corrected chi connectivity index (χ1v) is 6.13.